The lowest BCUT2D eigenvalue weighted by molar-refractivity contribution is -0.135. The maximum absolute atomic E-state index is 12.3. The van der Waals surface area contributed by atoms with E-state index in [0.717, 1.165) is 25.9 Å². The van der Waals surface area contributed by atoms with Crippen LogP contribution in [0, 0.1) is 17.3 Å². The standard InChI is InChI=1S/C14H26N2OS/c1-5-11(12(15)18)13(17)16-8-6-10(7-9-16)14(2,3)4/h10-11H,5-9H2,1-4H3,(H2,15,18). The molecule has 18 heavy (non-hydrogen) atoms. The van der Waals surface area contributed by atoms with E-state index in [1.807, 2.05) is 11.8 Å². The van der Waals surface area contributed by atoms with Gasteiger partial charge in [0, 0.05) is 13.1 Å². The van der Waals surface area contributed by atoms with Crippen LogP contribution in [0.5, 0.6) is 0 Å². The molecule has 1 atom stereocenters. The van der Waals surface area contributed by atoms with Gasteiger partial charge in [0.1, 0.15) is 0 Å². The number of thiocarbonyl (C=S) groups is 1. The number of carbonyl (C=O) groups excluding carboxylic acids is 1. The Morgan fingerprint density at radius 2 is 1.89 bits per heavy atom. The second-order valence-electron chi connectivity index (χ2n) is 6.33. The van der Waals surface area contributed by atoms with E-state index in [0.29, 0.717) is 22.7 Å². The number of nitrogens with two attached hydrogens (primary N) is 1. The van der Waals surface area contributed by atoms with Crippen LogP contribution in [-0.2, 0) is 4.79 Å². The third-order valence-corrected chi connectivity index (χ3v) is 4.37. The highest BCUT2D eigenvalue weighted by Crippen LogP contribution is 2.34. The minimum atomic E-state index is -0.272. The lowest BCUT2D eigenvalue weighted by atomic mass is 9.75. The normalized spacial score (nSPS) is 19.7. The predicted octanol–water partition coefficient (Wildman–Crippen LogP) is 2.58. The number of hydrogen-bond donors (Lipinski definition) is 1. The average Bonchev–Trinajstić information content (AvgIpc) is 2.28. The van der Waals surface area contributed by atoms with Crippen LogP contribution in [0.25, 0.3) is 0 Å². The lowest BCUT2D eigenvalue weighted by Crippen LogP contribution is -2.46. The molecule has 2 N–H and O–H groups in total. The first-order chi connectivity index (χ1) is 8.27. The summed E-state index contributed by atoms with van der Waals surface area (Å²) in [6, 6.07) is 0. The Morgan fingerprint density at radius 1 is 1.39 bits per heavy atom. The van der Waals surface area contributed by atoms with Gasteiger partial charge in [-0.25, -0.2) is 0 Å². The highest BCUT2D eigenvalue weighted by atomic mass is 32.1. The molecule has 0 saturated carbocycles. The van der Waals surface area contributed by atoms with Gasteiger partial charge in [-0.05, 0) is 30.6 Å². The highest BCUT2D eigenvalue weighted by Gasteiger charge is 2.32. The van der Waals surface area contributed by atoms with Crippen molar-refractivity contribution in [1.29, 1.82) is 0 Å². The van der Waals surface area contributed by atoms with Crippen LogP contribution in [0.1, 0.15) is 47.0 Å². The first-order valence-electron chi connectivity index (χ1n) is 6.85. The minimum absolute atomic E-state index is 0.123. The highest BCUT2D eigenvalue weighted by molar-refractivity contribution is 7.80. The molecule has 3 nitrogen and oxygen atoms in total. The third-order valence-electron chi connectivity index (χ3n) is 4.08. The largest absolute Gasteiger partial charge is 0.393 e. The van der Waals surface area contributed by atoms with Gasteiger partial charge in [-0.3, -0.25) is 4.79 Å². The molecule has 104 valence electrons. The summed E-state index contributed by atoms with van der Waals surface area (Å²) in [5.41, 5.74) is 5.97. The quantitative estimate of drug-likeness (QED) is 0.802. The molecule has 0 radical (unpaired) electrons. The maximum atomic E-state index is 12.3. The summed E-state index contributed by atoms with van der Waals surface area (Å²) in [4.78, 5) is 14.6. The van der Waals surface area contributed by atoms with Crippen molar-refractivity contribution in [2.45, 2.75) is 47.0 Å². The van der Waals surface area contributed by atoms with Crippen molar-refractivity contribution >= 4 is 23.1 Å². The van der Waals surface area contributed by atoms with E-state index in [1.165, 1.54) is 0 Å². The van der Waals surface area contributed by atoms with Crippen LogP contribution in [0.2, 0.25) is 0 Å². The van der Waals surface area contributed by atoms with Crippen LogP contribution in [0.15, 0.2) is 0 Å². The van der Waals surface area contributed by atoms with E-state index < -0.39 is 0 Å². The average molecular weight is 270 g/mol. The third kappa shape index (κ3) is 3.67. The summed E-state index contributed by atoms with van der Waals surface area (Å²) in [6.07, 6.45) is 2.87. The molecule has 1 unspecified atom stereocenters. The van der Waals surface area contributed by atoms with Gasteiger partial charge in [0.2, 0.25) is 5.91 Å². The van der Waals surface area contributed by atoms with Crippen molar-refractivity contribution in [3.05, 3.63) is 0 Å². The Morgan fingerprint density at radius 3 is 2.22 bits per heavy atom. The summed E-state index contributed by atoms with van der Waals surface area (Å²) < 4.78 is 0. The topological polar surface area (TPSA) is 46.3 Å². The summed E-state index contributed by atoms with van der Waals surface area (Å²) in [7, 11) is 0. The molecular formula is C14H26N2OS. The van der Waals surface area contributed by atoms with E-state index in [2.05, 4.69) is 20.8 Å². The fourth-order valence-electron chi connectivity index (χ4n) is 2.68. The van der Waals surface area contributed by atoms with Crippen LogP contribution in [0.3, 0.4) is 0 Å². The van der Waals surface area contributed by atoms with Crippen molar-refractivity contribution in [2.24, 2.45) is 23.0 Å². The van der Waals surface area contributed by atoms with Crippen molar-refractivity contribution in [3.8, 4) is 0 Å². The van der Waals surface area contributed by atoms with E-state index in [1.54, 1.807) is 0 Å². The molecule has 1 heterocycles. The van der Waals surface area contributed by atoms with Crippen molar-refractivity contribution in [1.82, 2.24) is 4.90 Å². The monoisotopic (exact) mass is 270 g/mol. The molecule has 0 aromatic rings. The summed E-state index contributed by atoms with van der Waals surface area (Å²) >= 11 is 4.97. The summed E-state index contributed by atoms with van der Waals surface area (Å²) in [5.74, 6) is 0.551. The Hall–Kier alpha value is -0.640. The molecule has 0 bridgehead atoms. The van der Waals surface area contributed by atoms with Gasteiger partial charge in [-0.1, -0.05) is 39.9 Å². The SMILES string of the molecule is CCC(C(=O)N1CCC(C(C)(C)C)CC1)C(N)=S. The van der Waals surface area contributed by atoms with E-state index >= 15 is 0 Å². The Kier molecular flexibility index (Phi) is 5.14. The van der Waals surface area contributed by atoms with Gasteiger partial charge in [0.25, 0.3) is 0 Å². The van der Waals surface area contributed by atoms with Gasteiger partial charge in [0.15, 0.2) is 0 Å². The number of hydrogen-bond acceptors (Lipinski definition) is 2. The van der Waals surface area contributed by atoms with E-state index in [9.17, 15) is 4.79 Å². The fraction of sp³-hybridized carbons (Fsp3) is 0.857. The van der Waals surface area contributed by atoms with E-state index in [4.69, 9.17) is 18.0 Å². The molecule has 1 rings (SSSR count). The summed E-state index contributed by atoms with van der Waals surface area (Å²) in [6.45, 7) is 10.5. The number of rotatable bonds is 3. The molecule has 0 aromatic carbocycles. The molecule has 0 aliphatic carbocycles. The smallest absolute Gasteiger partial charge is 0.232 e. The Labute approximate surface area is 116 Å². The molecule has 1 saturated heterocycles. The predicted molar refractivity (Wildman–Crippen MR) is 79.3 cm³/mol. The molecule has 0 spiro atoms. The van der Waals surface area contributed by atoms with E-state index in [-0.39, 0.29) is 11.8 Å². The first kappa shape index (κ1) is 15.4. The number of carbonyl (C=O) groups is 1. The van der Waals surface area contributed by atoms with Gasteiger partial charge < -0.3 is 10.6 Å². The molecule has 0 aromatic heterocycles. The Balaban J connectivity index is 2.58. The number of likely N-dealkylation sites (tertiary alicyclic amines) is 1. The summed E-state index contributed by atoms with van der Waals surface area (Å²) in [5, 5.41) is 0. The second kappa shape index (κ2) is 6.00. The second-order valence-corrected chi connectivity index (χ2v) is 6.80. The molecule has 1 amide bonds. The zero-order valence-electron chi connectivity index (χ0n) is 12.0. The van der Waals surface area contributed by atoms with Crippen molar-refractivity contribution in [2.75, 3.05) is 13.1 Å². The van der Waals surface area contributed by atoms with Gasteiger partial charge in [-0.2, -0.15) is 0 Å². The molecular weight excluding hydrogens is 244 g/mol. The number of piperidine rings is 1. The van der Waals surface area contributed by atoms with Crippen LogP contribution >= 0.6 is 12.2 Å². The number of nitrogens with zero attached hydrogens (tertiary/aromatic N) is 1. The molecule has 1 fully saturated rings. The van der Waals surface area contributed by atoms with Gasteiger partial charge >= 0.3 is 0 Å². The van der Waals surface area contributed by atoms with Crippen molar-refractivity contribution < 1.29 is 4.79 Å². The maximum Gasteiger partial charge on any atom is 0.232 e. The molecule has 1 aliphatic heterocycles. The molecule has 1 aliphatic rings. The zero-order valence-corrected chi connectivity index (χ0v) is 12.8. The zero-order chi connectivity index (χ0) is 13.9. The molecule has 4 heteroatoms. The van der Waals surface area contributed by atoms with Crippen LogP contribution in [0.4, 0.5) is 0 Å². The van der Waals surface area contributed by atoms with Crippen molar-refractivity contribution in [3.63, 3.8) is 0 Å². The minimum Gasteiger partial charge on any atom is -0.393 e. The number of amides is 1. The fourth-order valence-corrected chi connectivity index (χ4v) is 2.95. The first-order valence-corrected chi connectivity index (χ1v) is 7.26. The lowest BCUT2D eigenvalue weighted by Gasteiger charge is -2.39. The van der Waals surface area contributed by atoms with Gasteiger partial charge in [0.05, 0.1) is 10.9 Å². The van der Waals surface area contributed by atoms with Crippen LogP contribution in [-0.4, -0.2) is 28.9 Å². The van der Waals surface area contributed by atoms with Crippen LogP contribution < -0.4 is 5.73 Å². The Bertz CT molecular complexity index is 314. The van der Waals surface area contributed by atoms with Gasteiger partial charge in [-0.15, -0.1) is 0 Å².